The molecule has 0 radical (unpaired) electrons. The highest BCUT2D eigenvalue weighted by molar-refractivity contribution is 5.87. The van der Waals surface area contributed by atoms with Crippen LogP contribution in [0.4, 0.5) is 0 Å². The van der Waals surface area contributed by atoms with Crippen LogP contribution in [0.2, 0.25) is 0 Å². The van der Waals surface area contributed by atoms with E-state index in [-0.39, 0.29) is 5.97 Å². The number of methoxy groups -OCH3 is 1. The van der Waals surface area contributed by atoms with Gasteiger partial charge in [0, 0.05) is 37.4 Å². The number of esters is 1. The number of carbonyl (C=O) groups is 1. The Hall–Kier alpha value is -1.33. The van der Waals surface area contributed by atoms with E-state index >= 15 is 0 Å². The van der Waals surface area contributed by atoms with Crippen molar-refractivity contribution in [2.75, 3.05) is 20.2 Å². The summed E-state index contributed by atoms with van der Waals surface area (Å²) in [7, 11) is 1.38. The molecule has 2 N–H and O–H groups in total. The molecule has 0 aliphatic heterocycles. The van der Waals surface area contributed by atoms with Crippen LogP contribution < -0.4 is 5.32 Å². The van der Waals surface area contributed by atoms with Crippen molar-refractivity contribution in [3.05, 3.63) is 23.5 Å². The average Bonchev–Trinajstić information content (AvgIpc) is 2.85. The Balaban J connectivity index is 2.34. The molecule has 0 bridgehead atoms. The number of aromatic nitrogens is 1. The van der Waals surface area contributed by atoms with Crippen LogP contribution in [0.15, 0.2) is 12.1 Å². The summed E-state index contributed by atoms with van der Waals surface area (Å²) in [5.74, 6) is -0.331. The fraction of sp³-hybridized carbons (Fsp3) is 0.667. The fourth-order valence-electron chi connectivity index (χ4n) is 2.32. The Kier molecular flexibility index (Phi) is 6.75. The lowest BCUT2D eigenvalue weighted by molar-refractivity contribution is 0.0594. The predicted octanol–water partition coefficient (Wildman–Crippen LogP) is 2.01. The summed E-state index contributed by atoms with van der Waals surface area (Å²) in [4.78, 5) is 16.8. The molecule has 1 rings (SSSR count). The van der Waals surface area contributed by atoms with E-state index in [1.54, 1.807) is 6.07 Å². The van der Waals surface area contributed by atoms with Crippen molar-refractivity contribution in [1.29, 1.82) is 0 Å². The maximum absolute atomic E-state index is 11.3. The van der Waals surface area contributed by atoms with E-state index in [1.165, 1.54) is 7.11 Å². The van der Waals surface area contributed by atoms with Crippen molar-refractivity contribution < 1.29 is 9.53 Å². The zero-order valence-electron chi connectivity index (χ0n) is 13.2. The summed E-state index contributed by atoms with van der Waals surface area (Å²) in [6.07, 6.45) is 0. The molecule has 5 nitrogen and oxygen atoms in total. The molecule has 0 saturated carbocycles. The summed E-state index contributed by atoms with van der Waals surface area (Å²) in [5, 5.41) is 3.39. The van der Waals surface area contributed by atoms with Gasteiger partial charge in [-0.25, -0.2) is 4.79 Å². The van der Waals surface area contributed by atoms with Gasteiger partial charge in [-0.2, -0.15) is 0 Å². The smallest absolute Gasteiger partial charge is 0.354 e. The van der Waals surface area contributed by atoms with Gasteiger partial charge in [0.1, 0.15) is 5.69 Å². The molecule has 0 unspecified atom stereocenters. The summed E-state index contributed by atoms with van der Waals surface area (Å²) < 4.78 is 4.66. The number of hydrogen-bond acceptors (Lipinski definition) is 4. The number of nitrogens with zero attached hydrogens (tertiary/aromatic N) is 1. The highest BCUT2D eigenvalue weighted by Gasteiger charge is 2.12. The Morgan fingerprint density at radius 1 is 1.30 bits per heavy atom. The van der Waals surface area contributed by atoms with Gasteiger partial charge >= 0.3 is 5.97 Å². The lowest BCUT2D eigenvalue weighted by Crippen LogP contribution is -2.41. The summed E-state index contributed by atoms with van der Waals surface area (Å²) in [6.45, 7) is 11.5. The molecule has 0 fully saturated rings. The normalized spacial score (nSPS) is 11.6. The lowest BCUT2D eigenvalue weighted by Gasteiger charge is -2.30. The first-order chi connectivity index (χ1) is 9.45. The van der Waals surface area contributed by atoms with Crippen LogP contribution in [0.3, 0.4) is 0 Å². The average molecular weight is 281 g/mol. The predicted molar refractivity (Wildman–Crippen MR) is 80.8 cm³/mol. The van der Waals surface area contributed by atoms with Gasteiger partial charge < -0.3 is 15.0 Å². The van der Waals surface area contributed by atoms with Gasteiger partial charge in [-0.1, -0.05) is 0 Å². The standard InChI is InChI=1S/C15H27N3O2/c1-11(2)18(12(3)4)9-8-16-10-13-6-7-14(17-13)15(19)20-5/h6-7,11-12,16-17H,8-10H2,1-5H3. The number of ether oxygens (including phenoxy) is 1. The van der Waals surface area contributed by atoms with Crippen molar-refractivity contribution in [1.82, 2.24) is 15.2 Å². The van der Waals surface area contributed by atoms with E-state index in [9.17, 15) is 4.79 Å². The highest BCUT2D eigenvalue weighted by atomic mass is 16.5. The number of aromatic amines is 1. The Labute approximate surface area is 121 Å². The first kappa shape index (κ1) is 16.7. The summed E-state index contributed by atoms with van der Waals surface area (Å²) >= 11 is 0. The van der Waals surface area contributed by atoms with Crippen LogP contribution >= 0.6 is 0 Å². The van der Waals surface area contributed by atoms with Gasteiger partial charge in [-0.15, -0.1) is 0 Å². The van der Waals surface area contributed by atoms with Gasteiger partial charge in [0.05, 0.1) is 7.11 Å². The van der Waals surface area contributed by atoms with E-state index in [1.807, 2.05) is 6.07 Å². The van der Waals surface area contributed by atoms with Crippen LogP contribution in [0.5, 0.6) is 0 Å². The van der Waals surface area contributed by atoms with E-state index in [0.717, 1.165) is 25.3 Å². The first-order valence-corrected chi connectivity index (χ1v) is 7.18. The SMILES string of the molecule is COC(=O)c1ccc(CNCCN(C(C)C)C(C)C)[nH]1. The number of hydrogen-bond donors (Lipinski definition) is 2. The molecule has 1 aromatic rings. The molecule has 0 amide bonds. The zero-order chi connectivity index (χ0) is 15.1. The maximum Gasteiger partial charge on any atom is 0.354 e. The summed E-state index contributed by atoms with van der Waals surface area (Å²) in [5.41, 5.74) is 1.49. The van der Waals surface area contributed by atoms with Crippen LogP contribution in [-0.4, -0.2) is 48.1 Å². The molecule has 0 atom stereocenters. The van der Waals surface area contributed by atoms with Gasteiger partial charge in [0.25, 0.3) is 0 Å². The van der Waals surface area contributed by atoms with Crippen molar-refractivity contribution in [3.8, 4) is 0 Å². The number of H-pyrrole nitrogens is 1. The second kappa shape index (κ2) is 8.07. The molecule has 1 heterocycles. The molecular formula is C15H27N3O2. The van der Waals surface area contributed by atoms with E-state index in [0.29, 0.717) is 17.8 Å². The molecule has 0 spiro atoms. The molecule has 114 valence electrons. The van der Waals surface area contributed by atoms with Crippen molar-refractivity contribution in [3.63, 3.8) is 0 Å². The molecule has 20 heavy (non-hydrogen) atoms. The first-order valence-electron chi connectivity index (χ1n) is 7.18. The maximum atomic E-state index is 11.3. The summed E-state index contributed by atoms with van der Waals surface area (Å²) in [6, 6.07) is 4.75. The Morgan fingerprint density at radius 2 is 1.95 bits per heavy atom. The van der Waals surface area contributed by atoms with Crippen LogP contribution in [-0.2, 0) is 11.3 Å². The van der Waals surface area contributed by atoms with Crippen LogP contribution in [0, 0.1) is 0 Å². The van der Waals surface area contributed by atoms with E-state index < -0.39 is 0 Å². The third-order valence-electron chi connectivity index (χ3n) is 3.34. The molecule has 5 heteroatoms. The fourth-order valence-corrected chi connectivity index (χ4v) is 2.32. The molecule has 0 aliphatic rings. The van der Waals surface area contributed by atoms with E-state index in [2.05, 4.69) is 47.6 Å². The van der Waals surface area contributed by atoms with Gasteiger partial charge in [-0.3, -0.25) is 4.90 Å². The molecule has 1 aromatic heterocycles. The third kappa shape index (κ3) is 4.98. The largest absolute Gasteiger partial charge is 0.464 e. The minimum Gasteiger partial charge on any atom is -0.464 e. The lowest BCUT2D eigenvalue weighted by atomic mass is 10.2. The minimum absolute atomic E-state index is 0.331. The highest BCUT2D eigenvalue weighted by Crippen LogP contribution is 2.05. The van der Waals surface area contributed by atoms with Gasteiger partial charge in [0.2, 0.25) is 0 Å². The monoisotopic (exact) mass is 281 g/mol. The second-order valence-electron chi connectivity index (χ2n) is 5.49. The van der Waals surface area contributed by atoms with Crippen molar-refractivity contribution >= 4 is 5.97 Å². The second-order valence-corrected chi connectivity index (χ2v) is 5.49. The molecule has 0 saturated heterocycles. The number of carbonyl (C=O) groups excluding carboxylic acids is 1. The van der Waals surface area contributed by atoms with E-state index in [4.69, 9.17) is 0 Å². The molecular weight excluding hydrogens is 254 g/mol. The van der Waals surface area contributed by atoms with Gasteiger partial charge in [0.15, 0.2) is 0 Å². The van der Waals surface area contributed by atoms with Gasteiger partial charge in [-0.05, 0) is 39.8 Å². The third-order valence-corrected chi connectivity index (χ3v) is 3.34. The Morgan fingerprint density at radius 3 is 2.50 bits per heavy atom. The topological polar surface area (TPSA) is 57.4 Å². The molecule has 0 aromatic carbocycles. The zero-order valence-corrected chi connectivity index (χ0v) is 13.2. The van der Waals surface area contributed by atoms with Crippen LogP contribution in [0.25, 0.3) is 0 Å². The van der Waals surface area contributed by atoms with Crippen molar-refractivity contribution in [2.45, 2.75) is 46.3 Å². The minimum atomic E-state index is -0.331. The molecule has 0 aliphatic carbocycles. The number of rotatable bonds is 8. The van der Waals surface area contributed by atoms with Crippen molar-refractivity contribution in [2.24, 2.45) is 0 Å². The number of nitrogens with one attached hydrogen (secondary N) is 2. The quantitative estimate of drug-likeness (QED) is 0.565. The Bertz CT molecular complexity index is 405. The van der Waals surface area contributed by atoms with Crippen LogP contribution in [0.1, 0.15) is 43.9 Å².